The molecule has 8 heteroatoms. The topological polar surface area (TPSA) is 80.3 Å². The number of rotatable bonds is 4. The van der Waals surface area contributed by atoms with Crippen LogP contribution < -0.4 is 15.6 Å². The van der Waals surface area contributed by atoms with Crippen LogP contribution in [0.5, 0.6) is 11.6 Å². The number of thiophene rings is 1. The van der Waals surface area contributed by atoms with Gasteiger partial charge in [-0.05, 0) is 46.3 Å². The number of benzene rings is 1. The van der Waals surface area contributed by atoms with E-state index in [0.29, 0.717) is 22.1 Å². The molecular formula is C17H12BrN3O3S. The Morgan fingerprint density at radius 2 is 1.72 bits per heavy atom. The Hall–Kier alpha value is -2.71. The third-order valence-corrected chi connectivity index (χ3v) is 4.67. The number of para-hydroxylation sites is 1. The monoisotopic (exact) mass is 417 g/mol. The number of halogens is 1. The van der Waals surface area contributed by atoms with Crippen molar-refractivity contribution in [2.45, 2.75) is 0 Å². The molecule has 0 aliphatic rings. The first-order valence-electron chi connectivity index (χ1n) is 7.17. The van der Waals surface area contributed by atoms with E-state index in [1.807, 2.05) is 18.2 Å². The number of pyridine rings is 1. The van der Waals surface area contributed by atoms with Crippen LogP contribution in [0.3, 0.4) is 0 Å². The van der Waals surface area contributed by atoms with E-state index in [9.17, 15) is 9.59 Å². The molecule has 3 rings (SSSR count). The van der Waals surface area contributed by atoms with E-state index in [4.69, 9.17) is 4.74 Å². The van der Waals surface area contributed by atoms with E-state index < -0.39 is 5.91 Å². The second-order valence-electron chi connectivity index (χ2n) is 4.81. The molecule has 3 aromatic rings. The summed E-state index contributed by atoms with van der Waals surface area (Å²) in [6, 6.07) is 15.8. The van der Waals surface area contributed by atoms with Crippen molar-refractivity contribution in [3.63, 3.8) is 0 Å². The molecule has 0 unspecified atom stereocenters. The number of ether oxygens (including phenoxy) is 1. The van der Waals surface area contributed by atoms with Crippen molar-refractivity contribution in [2.75, 3.05) is 0 Å². The number of nitrogens with zero attached hydrogens (tertiary/aromatic N) is 1. The molecule has 0 saturated carbocycles. The molecule has 0 atom stereocenters. The lowest BCUT2D eigenvalue weighted by atomic mass is 10.3. The van der Waals surface area contributed by atoms with E-state index in [1.165, 1.54) is 17.5 Å². The van der Waals surface area contributed by atoms with Gasteiger partial charge in [0.15, 0.2) is 0 Å². The van der Waals surface area contributed by atoms with E-state index >= 15 is 0 Å². The highest BCUT2D eigenvalue weighted by atomic mass is 79.9. The fourth-order valence-electron chi connectivity index (χ4n) is 1.87. The van der Waals surface area contributed by atoms with Crippen molar-refractivity contribution < 1.29 is 14.3 Å². The largest absolute Gasteiger partial charge is 0.439 e. The van der Waals surface area contributed by atoms with Crippen molar-refractivity contribution in [2.24, 2.45) is 0 Å². The van der Waals surface area contributed by atoms with Crippen LogP contribution in [0.2, 0.25) is 0 Å². The lowest BCUT2D eigenvalue weighted by Crippen LogP contribution is -2.41. The van der Waals surface area contributed by atoms with Crippen molar-refractivity contribution in [1.82, 2.24) is 15.8 Å². The summed E-state index contributed by atoms with van der Waals surface area (Å²) in [5.74, 6) is 0.167. The molecule has 0 fully saturated rings. The summed E-state index contributed by atoms with van der Waals surface area (Å²) in [6.07, 6.45) is 1.38. The van der Waals surface area contributed by atoms with Gasteiger partial charge in [0.25, 0.3) is 11.8 Å². The maximum atomic E-state index is 12.0. The minimum Gasteiger partial charge on any atom is -0.439 e. The summed E-state index contributed by atoms with van der Waals surface area (Å²) in [4.78, 5) is 28.5. The number of hydrogen-bond acceptors (Lipinski definition) is 5. The second-order valence-corrected chi connectivity index (χ2v) is 7.28. The Morgan fingerprint density at radius 1 is 0.960 bits per heavy atom. The number of carbonyl (C=O) groups excluding carboxylic acids is 2. The molecule has 2 amide bonds. The summed E-state index contributed by atoms with van der Waals surface area (Å²) >= 11 is 4.55. The molecule has 2 N–H and O–H groups in total. The highest BCUT2D eigenvalue weighted by Gasteiger charge is 2.11. The number of carbonyl (C=O) groups is 2. The van der Waals surface area contributed by atoms with Gasteiger partial charge in [-0.1, -0.05) is 18.2 Å². The maximum Gasteiger partial charge on any atom is 0.279 e. The zero-order valence-electron chi connectivity index (χ0n) is 12.7. The van der Waals surface area contributed by atoms with E-state index in [0.717, 1.165) is 3.79 Å². The quantitative estimate of drug-likeness (QED) is 0.633. The van der Waals surface area contributed by atoms with Gasteiger partial charge in [0.1, 0.15) is 5.75 Å². The van der Waals surface area contributed by atoms with Crippen molar-refractivity contribution >= 4 is 39.1 Å². The van der Waals surface area contributed by atoms with Gasteiger partial charge >= 0.3 is 0 Å². The lowest BCUT2D eigenvalue weighted by molar-refractivity contribution is 0.0848. The molecule has 2 heterocycles. The van der Waals surface area contributed by atoms with Crippen LogP contribution in [0.25, 0.3) is 0 Å². The van der Waals surface area contributed by atoms with Gasteiger partial charge < -0.3 is 4.74 Å². The van der Waals surface area contributed by atoms with Gasteiger partial charge in [-0.2, -0.15) is 0 Å². The molecule has 0 radical (unpaired) electrons. The SMILES string of the molecule is O=C(NNC(=O)c1ccc(Br)s1)c1ccc(Oc2ccccc2)nc1. The number of hydrazine groups is 1. The van der Waals surface area contributed by atoms with Crippen LogP contribution in [-0.2, 0) is 0 Å². The molecule has 0 aliphatic carbocycles. The van der Waals surface area contributed by atoms with Crippen LogP contribution in [0.1, 0.15) is 20.0 Å². The molecule has 25 heavy (non-hydrogen) atoms. The highest BCUT2D eigenvalue weighted by molar-refractivity contribution is 9.11. The van der Waals surface area contributed by atoms with Gasteiger partial charge in [0, 0.05) is 12.3 Å². The molecule has 0 bridgehead atoms. The molecule has 0 spiro atoms. The highest BCUT2D eigenvalue weighted by Crippen LogP contribution is 2.21. The van der Waals surface area contributed by atoms with Crippen LogP contribution in [0.15, 0.2) is 64.6 Å². The first-order valence-corrected chi connectivity index (χ1v) is 8.78. The predicted octanol–water partition coefficient (Wildman–Crippen LogP) is 3.77. The number of hydrogen-bond donors (Lipinski definition) is 2. The Kier molecular flexibility index (Phi) is 5.42. The Morgan fingerprint density at radius 3 is 2.36 bits per heavy atom. The van der Waals surface area contributed by atoms with Gasteiger partial charge in [-0.3, -0.25) is 20.4 Å². The fraction of sp³-hybridized carbons (Fsp3) is 0. The first-order chi connectivity index (χ1) is 12.1. The number of amides is 2. The van der Waals surface area contributed by atoms with Crippen molar-refractivity contribution in [1.29, 1.82) is 0 Å². The number of nitrogens with one attached hydrogen (secondary N) is 2. The predicted molar refractivity (Wildman–Crippen MR) is 97.7 cm³/mol. The second kappa shape index (κ2) is 7.91. The average molecular weight is 418 g/mol. The van der Waals surface area contributed by atoms with E-state index in [1.54, 1.807) is 36.4 Å². The fourth-order valence-corrected chi connectivity index (χ4v) is 3.15. The molecule has 2 aromatic heterocycles. The molecular weight excluding hydrogens is 406 g/mol. The zero-order valence-corrected chi connectivity index (χ0v) is 15.1. The number of aromatic nitrogens is 1. The smallest absolute Gasteiger partial charge is 0.279 e. The summed E-state index contributed by atoms with van der Waals surface area (Å²) in [5, 5.41) is 0. The maximum absolute atomic E-state index is 12.0. The Bertz CT molecular complexity index is 882. The van der Waals surface area contributed by atoms with Crippen molar-refractivity contribution in [3.8, 4) is 11.6 Å². The third-order valence-electron chi connectivity index (χ3n) is 3.05. The van der Waals surface area contributed by atoms with Crippen molar-refractivity contribution in [3.05, 3.63) is 75.0 Å². The summed E-state index contributed by atoms with van der Waals surface area (Å²) in [5.41, 5.74) is 5.00. The van der Waals surface area contributed by atoms with Gasteiger partial charge in [0.2, 0.25) is 5.88 Å². The normalized spacial score (nSPS) is 10.1. The average Bonchev–Trinajstić information content (AvgIpc) is 3.07. The first kappa shape index (κ1) is 17.1. The molecule has 6 nitrogen and oxygen atoms in total. The van der Waals surface area contributed by atoms with Gasteiger partial charge in [-0.25, -0.2) is 4.98 Å². The Balaban J connectivity index is 1.56. The zero-order chi connectivity index (χ0) is 17.6. The summed E-state index contributed by atoms with van der Waals surface area (Å²) < 4.78 is 6.39. The summed E-state index contributed by atoms with van der Waals surface area (Å²) in [6.45, 7) is 0. The third kappa shape index (κ3) is 4.65. The van der Waals surface area contributed by atoms with Crippen LogP contribution in [0, 0.1) is 0 Å². The Labute approximate surface area is 156 Å². The van der Waals surface area contributed by atoms with Crippen LogP contribution >= 0.6 is 27.3 Å². The standard InChI is InChI=1S/C17H12BrN3O3S/c18-14-8-7-13(25-14)17(23)21-20-16(22)11-6-9-15(19-10-11)24-12-4-2-1-3-5-12/h1-10H,(H,20,22)(H,21,23). The van der Waals surface area contributed by atoms with Gasteiger partial charge in [0.05, 0.1) is 14.2 Å². The van der Waals surface area contributed by atoms with Crippen LogP contribution in [0.4, 0.5) is 0 Å². The minimum absolute atomic E-state index is 0.299. The molecule has 126 valence electrons. The molecule has 0 aliphatic heterocycles. The molecule has 1 aromatic carbocycles. The van der Waals surface area contributed by atoms with Gasteiger partial charge in [-0.15, -0.1) is 11.3 Å². The van der Waals surface area contributed by atoms with Crippen LogP contribution in [-0.4, -0.2) is 16.8 Å². The van der Waals surface area contributed by atoms with E-state index in [-0.39, 0.29) is 5.91 Å². The molecule has 0 saturated heterocycles. The lowest BCUT2D eigenvalue weighted by Gasteiger charge is -2.07. The minimum atomic E-state index is -0.470. The van der Waals surface area contributed by atoms with E-state index in [2.05, 4.69) is 31.8 Å². The summed E-state index contributed by atoms with van der Waals surface area (Å²) in [7, 11) is 0.